The molecule has 0 radical (unpaired) electrons. The summed E-state index contributed by atoms with van der Waals surface area (Å²) in [6.45, 7) is 4.51. The van der Waals surface area contributed by atoms with Crippen molar-refractivity contribution in [1.82, 2.24) is 35.1 Å². The lowest BCUT2D eigenvalue weighted by molar-refractivity contribution is -0.258. The first-order chi connectivity index (χ1) is 24.4. The van der Waals surface area contributed by atoms with Crippen molar-refractivity contribution in [3.8, 4) is 0 Å². The Hall–Kier alpha value is -3.36. The van der Waals surface area contributed by atoms with Crippen molar-refractivity contribution >= 4 is 42.7 Å². The van der Waals surface area contributed by atoms with Gasteiger partial charge in [-0.05, 0) is 51.4 Å². The normalized spacial score (nSPS) is 31.8. The molecule has 5 aliphatic rings. The van der Waals surface area contributed by atoms with Gasteiger partial charge in [-0.25, -0.2) is 0 Å². The predicted octanol–water partition coefficient (Wildman–Crippen LogP) is -3.42. The van der Waals surface area contributed by atoms with Crippen LogP contribution in [-0.4, -0.2) is 187 Å². The molecular formula is C32H52BN7O11. The largest absolute Gasteiger partial charge is 0.475 e. The van der Waals surface area contributed by atoms with Gasteiger partial charge in [-0.2, -0.15) is 0 Å². The molecule has 19 heteroatoms. The number of nitrogens with zero attached hydrogens (tertiary/aromatic N) is 5. The first kappa shape index (κ1) is 38.9. The molecule has 4 N–H and O–H groups in total. The average Bonchev–Trinajstić information content (AvgIpc) is 3.57. The molecule has 5 rings (SSSR count). The number of esters is 3. The molecule has 3 amide bonds. The van der Waals surface area contributed by atoms with Gasteiger partial charge in [0.2, 0.25) is 17.7 Å². The summed E-state index contributed by atoms with van der Waals surface area (Å²) in [6.07, 6.45) is 3.96. The standard InChI is InChI=1S/C32H52BN7O11/c1-22(31(46)40-8-2-3-25(40)33(47)48)35-30(45)24-6-4-23(5-7-24)17-34-26(41)18-36-9-11-37-13-15-39-16-14-38(12-10-36)20-28(43)50-32(49-27(42)19-37)51-29(44)21-39/h22-25,32,47-48H,2-21H2,1H3,(H,34,41)(H,35,45)/t22-,23-,24-,25+/m1/s1. The number of amides is 3. The van der Waals surface area contributed by atoms with Crippen LogP contribution in [0, 0.1) is 11.8 Å². The third kappa shape index (κ3) is 11.6. The number of carbonyl (C=O) groups is 6. The highest BCUT2D eigenvalue weighted by Gasteiger charge is 2.39. The van der Waals surface area contributed by atoms with Crippen LogP contribution in [0.5, 0.6) is 0 Å². The van der Waals surface area contributed by atoms with E-state index in [0.717, 1.165) is 12.8 Å². The van der Waals surface area contributed by atoms with E-state index in [-0.39, 0.29) is 55.7 Å². The summed E-state index contributed by atoms with van der Waals surface area (Å²) < 4.78 is 15.6. The third-order valence-corrected chi connectivity index (χ3v) is 10.5. The Bertz CT molecular complexity index is 1230. The number of fused-ring (bicyclic) bond motifs is 7. The number of carbonyl (C=O) groups excluding carboxylic acids is 6. The number of likely N-dealkylation sites (tertiary alicyclic amines) is 1. The SMILES string of the molecule is C[C@@H](NC(=O)[C@H]1CC[C@H](CNC(=O)CN2CCN3CCN4CCN(CC2)CC(=O)OC(OC(=O)C3)OC(=O)C4)CC1)C(=O)N1CCC[C@H]1B(O)O. The van der Waals surface area contributed by atoms with E-state index in [9.17, 15) is 38.8 Å². The summed E-state index contributed by atoms with van der Waals surface area (Å²) in [5, 5.41) is 25.1. The van der Waals surface area contributed by atoms with E-state index in [1.165, 1.54) is 4.90 Å². The summed E-state index contributed by atoms with van der Waals surface area (Å²) >= 11 is 0. The molecule has 0 aromatic rings. The van der Waals surface area contributed by atoms with E-state index >= 15 is 0 Å². The van der Waals surface area contributed by atoms with E-state index in [0.29, 0.717) is 91.1 Å². The summed E-state index contributed by atoms with van der Waals surface area (Å²) in [4.78, 5) is 86.1. The van der Waals surface area contributed by atoms with Crippen LogP contribution in [0.4, 0.5) is 0 Å². The molecule has 1 aliphatic carbocycles. The fraction of sp³-hybridized carbons (Fsp3) is 0.812. The highest BCUT2D eigenvalue weighted by molar-refractivity contribution is 6.43. The van der Waals surface area contributed by atoms with Crippen LogP contribution in [0.3, 0.4) is 0 Å². The van der Waals surface area contributed by atoms with Crippen LogP contribution in [-0.2, 0) is 43.0 Å². The number of hydrogen-bond acceptors (Lipinski definition) is 15. The zero-order chi connectivity index (χ0) is 36.5. The van der Waals surface area contributed by atoms with E-state index in [1.54, 1.807) is 6.92 Å². The van der Waals surface area contributed by atoms with Crippen molar-refractivity contribution in [2.24, 2.45) is 11.8 Å². The van der Waals surface area contributed by atoms with E-state index in [2.05, 4.69) is 10.6 Å². The number of hydrogen-bond donors (Lipinski definition) is 4. The fourth-order valence-corrected chi connectivity index (χ4v) is 7.43. The van der Waals surface area contributed by atoms with E-state index < -0.39 is 43.5 Å². The quantitative estimate of drug-likeness (QED) is 0.142. The van der Waals surface area contributed by atoms with Crippen LogP contribution < -0.4 is 10.6 Å². The first-order valence-corrected chi connectivity index (χ1v) is 18.1. The Labute approximate surface area is 298 Å². The lowest BCUT2D eigenvalue weighted by atomic mass is 9.77. The fourth-order valence-electron chi connectivity index (χ4n) is 7.43. The van der Waals surface area contributed by atoms with Crippen LogP contribution in [0.25, 0.3) is 0 Å². The monoisotopic (exact) mass is 721 g/mol. The minimum atomic E-state index is -1.74. The van der Waals surface area contributed by atoms with Gasteiger partial charge in [0.1, 0.15) is 6.04 Å². The molecule has 0 aromatic heterocycles. The summed E-state index contributed by atoms with van der Waals surface area (Å²) in [6, 6.07) is -0.768. The Morgan fingerprint density at radius 1 is 0.765 bits per heavy atom. The van der Waals surface area contributed by atoms with Crippen LogP contribution in [0.2, 0.25) is 0 Å². The molecule has 0 spiro atoms. The van der Waals surface area contributed by atoms with E-state index in [1.807, 2.05) is 19.6 Å². The van der Waals surface area contributed by atoms with Crippen LogP contribution >= 0.6 is 0 Å². The predicted molar refractivity (Wildman–Crippen MR) is 179 cm³/mol. The summed E-state index contributed by atoms with van der Waals surface area (Å²) in [5.41, 5.74) is 0. The molecule has 4 bridgehead atoms. The second-order valence-corrected chi connectivity index (χ2v) is 14.3. The Balaban J connectivity index is 1.09. The second-order valence-electron chi connectivity index (χ2n) is 14.3. The van der Waals surface area contributed by atoms with Gasteiger partial charge in [0.15, 0.2) is 0 Å². The van der Waals surface area contributed by atoms with Crippen molar-refractivity contribution in [1.29, 1.82) is 0 Å². The molecule has 0 aromatic carbocycles. The summed E-state index contributed by atoms with van der Waals surface area (Å²) in [7, 11) is -1.61. The smallest absolute Gasteiger partial charge is 0.426 e. The van der Waals surface area contributed by atoms with Crippen molar-refractivity contribution in [3.05, 3.63) is 0 Å². The molecule has 2 unspecified atom stereocenters. The molecule has 4 atom stereocenters. The highest BCUT2D eigenvalue weighted by Crippen LogP contribution is 2.29. The molecule has 5 fully saturated rings. The van der Waals surface area contributed by atoms with Gasteiger partial charge in [-0.15, -0.1) is 0 Å². The van der Waals surface area contributed by atoms with Crippen molar-refractivity contribution in [3.63, 3.8) is 0 Å². The number of ether oxygens (including phenoxy) is 3. The van der Waals surface area contributed by atoms with Crippen molar-refractivity contribution in [2.75, 3.05) is 91.6 Å². The minimum absolute atomic E-state index is 0.0353. The molecule has 4 aliphatic heterocycles. The first-order valence-electron chi connectivity index (χ1n) is 18.1. The molecule has 4 heterocycles. The summed E-state index contributed by atoms with van der Waals surface area (Å²) in [5.74, 6) is -3.38. The Morgan fingerprint density at radius 2 is 1.27 bits per heavy atom. The zero-order valence-electron chi connectivity index (χ0n) is 29.4. The molecule has 4 saturated heterocycles. The van der Waals surface area contributed by atoms with Gasteiger partial charge >= 0.3 is 31.5 Å². The van der Waals surface area contributed by atoms with Gasteiger partial charge < -0.3 is 39.8 Å². The topological polar surface area (TPSA) is 211 Å². The molecule has 1 saturated carbocycles. The maximum Gasteiger partial charge on any atom is 0.475 e. The van der Waals surface area contributed by atoms with Gasteiger partial charge in [0, 0.05) is 71.4 Å². The van der Waals surface area contributed by atoms with Gasteiger partial charge in [-0.1, -0.05) is 0 Å². The van der Waals surface area contributed by atoms with Gasteiger partial charge in [0.05, 0.1) is 32.1 Å². The molecule has 18 nitrogen and oxygen atoms in total. The van der Waals surface area contributed by atoms with Crippen LogP contribution in [0.1, 0.15) is 45.4 Å². The average molecular weight is 722 g/mol. The number of rotatable bonds is 8. The van der Waals surface area contributed by atoms with Gasteiger partial charge in [0.25, 0.3) is 0 Å². The molecule has 284 valence electrons. The second kappa shape index (κ2) is 18.4. The Kier molecular flexibility index (Phi) is 14.0. The Morgan fingerprint density at radius 3 is 1.78 bits per heavy atom. The maximum atomic E-state index is 13.2. The lowest BCUT2D eigenvalue weighted by Crippen LogP contribution is -2.53. The third-order valence-electron chi connectivity index (χ3n) is 10.5. The van der Waals surface area contributed by atoms with E-state index in [4.69, 9.17) is 14.2 Å². The molecular weight excluding hydrogens is 669 g/mol. The zero-order valence-corrected chi connectivity index (χ0v) is 29.4. The van der Waals surface area contributed by atoms with Gasteiger partial charge in [-0.3, -0.25) is 48.4 Å². The number of nitrogens with one attached hydrogen (secondary N) is 2. The minimum Gasteiger partial charge on any atom is -0.426 e. The van der Waals surface area contributed by atoms with Crippen LogP contribution in [0.15, 0.2) is 0 Å². The highest BCUT2D eigenvalue weighted by atomic mass is 16.9. The van der Waals surface area contributed by atoms with Crippen molar-refractivity contribution in [2.45, 2.75) is 63.9 Å². The van der Waals surface area contributed by atoms with Crippen molar-refractivity contribution < 1.29 is 53.0 Å². The molecule has 51 heavy (non-hydrogen) atoms. The lowest BCUT2D eigenvalue weighted by Gasteiger charge is -2.33. The maximum absolute atomic E-state index is 13.2.